The highest BCUT2D eigenvalue weighted by Crippen LogP contribution is 2.30. The van der Waals surface area contributed by atoms with Crippen LogP contribution in [0.3, 0.4) is 0 Å². The van der Waals surface area contributed by atoms with Gasteiger partial charge in [0.2, 0.25) is 11.8 Å². The van der Waals surface area contributed by atoms with E-state index in [0.717, 1.165) is 12.1 Å². The molecule has 0 aliphatic rings. The summed E-state index contributed by atoms with van der Waals surface area (Å²) in [6, 6.07) is 10.3. The number of carbonyl (C=O) groups is 3. The summed E-state index contributed by atoms with van der Waals surface area (Å²) in [6.07, 6.45) is -4.47. The van der Waals surface area contributed by atoms with E-state index in [4.69, 9.17) is 0 Å². The van der Waals surface area contributed by atoms with E-state index >= 15 is 0 Å². The van der Waals surface area contributed by atoms with Gasteiger partial charge in [-0.3, -0.25) is 14.4 Å². The Labute approximate surface area is 178 Å². The van der Waals surface area contributed by atoms with Gasteiger partial charge >= 0.3 is 6.18 Å². The van der Waals surface area contributed by atoms with Gasteiger partial charge in [-0.25, -0.2) is 0 Å². The van der Waals surface area contributed by atoms with Crippen molar-refractivity contribution in [1.29, 1.82) is 0 Å². The van der Waals surface area contributed by atoms with E-state index in [0.29, 0.717) is 5.69 Å². The maximum atomic E-state index is 12.8. The van der Waals surface area contributed by atoms with Crippen LogP contribution >= 0.6 is 0 Å². The lowest BCUT2D eigenvalue weighted by Gasteiger charge is -2.17. The van der Waals surface area contributed by atoms with Gasteiger partial charge in [0.15, 0.2) is 0 Å². The second-order valence-corrected chi connectivity index (χ2v) is 7.92. The number of anilines is 2. The molecule has 0 saturated heterocycles. The number of halogens is 3. The lowest BCUT2D eigenvalue weighted by molar-refractivity contribution is -0.137. The van der Waals surface area contributed by atoms with Gasteiger partial charge in [0.05, 0.1) is 5.56 Å². The Morgan fingerprint density at radius 1 is 0.871 bits per heavy atom. The molecule has 0 saturated carbocycles. The zero-order valence-corrected chi connectivity index (χ0v) is 17.4. The summed E-state index contributed by atoms with van der Waals surface area (Å²) in [7, 11) is 0. The van der Waals surface area contributed by atoms with E-state index in [9.17, 15) is 27.6 Å². The van der Waals surface area contributed by atoms with Crippen LogP contribution in [-0.2, 0) is 15.8 Å². The Hall–Kier alpha value is -3.36. The molecule has 3 amide bonds. The van der Waals surface area contributed by atoms with Crippen LogP contribution in [0.5, 0.6) is 0 Å². The molecule has 9 heteroatoms. The van der Waals surface area contributed by atoms with Gasteiger partial charge in [-0.15, -0.1) is 0 Å². The molecular formula is C22H24F3N3O3. The summed E-state index contributed by atoms with van der Waals surface area (Å²) in [6.45, 7) is 5.45. The van der Waals surface area contributed by atoms with E-state index in [-0.39, 0.29) is 36.0 Å². The van der Waals surface area contributed by atoms with Crippen molar-refractivity contribution < 1.29 is 27.6 Å². The maximum absolute atomic E-state index is 12.8. The average molecular weight is 435 g/mol. The fourth-order valence-electron chi connectivity index (χ4n) is 2.49. The highest BCUT2D eigenvalue weighted by atomic mass is 19.4. The molecule has 0 atom stereocenters. The van der Waals surface area contributed by atoms with Crippen LogP contribution < -0.4 is 16.0 Å². The molecule has 0 heterocycles. The number of hydrogen-bond acceptors (Lipinski definition) is 3. The Balaban J connectivity index is 1.96. The number of carbonyl (C=O) groups excluding carboxylic acids is 3. The molecule has 6 nitrogen and oxygen atoms in total. The highest BCUT2D eigenvalue weighted by Gasteiger charge is 2.30. The van der Waals surface area contributed by atoms with Crippen LogP contribution in [0.15, 0.2) is 48.5 Å². The van der Waals surface area contributed by atoms with Crippen molar-refractivity contribution in [2.45, 2.75) is 33.4 Å². The topological polar surface area (TPSA) is 87.3 Å². The fraction of sp³-hybridized carbons (Fsp3) is 0.318. The Bertz CT molecular complexity index is 966. The Kier molecular flexibility index (Phi) is 7.43. The number of amides is 3. The lowest BCUT2D eigenvalue weighted by Crippen LogP contribution is -2.36. The molecule has 0 aliphatic heterocycles. The molecule has 0 aromatic heterocycles. The van der Waals surface area contributed by atoms with Crippen LogP contribution in [0.1, 0.15) is 43.1 Å². The Morgan fingerprint density at radius 3 is 2.10 bits per heavy atom. The number of nitrogens with one attached hydrogen (secondary N) is 3. The normalized spacial score (nSPS) is 11.5. The minimum absolute atomic E-state index is 0.00357. The summed E-state index contributed by atoms with van der Waals surface area (Å²) in [5.74, 6) is -1.15. The molecule has 0 radical (unpaired) electrons. The summed E-state index contributed by atoms with van der Waals surface area (Å²) in [4.78, 5) is 36.3. The maximum Gasteiger partial charge on any atom is 0.416 e. The number of hydrogen-bond donors (Lipinski definition) is 3. The molecule has 0 unspecified atom stereocenters. The molecule has 3 N–H and O–H groups in total. The van der Waals surface area contributed by atoms with Gasteiger partial charge in [0, 0.05) is 35.3 Å². The average Bonchev–Trinajstić information content (AvgIpc) is 2.67. The van der Waals surface area contributed by atoms with Crippen LogP contribution in [0.2, 0.25) is 0 Å². The fourth-order valence-corrected chi connectivity index (χ4v) is 2.49. The number of benzene rings is 2. The van der Waals surface area contributed by atoms with Crippen molar-refractivity contribution in [2.24, 2.45) is 5.41 Å². The number of rotatable bonds is 6. The molecule has 0 bridgehead atoms. The Morgan fingerprint density at radius 2 is 1.48 bits per heavy atom. The van der Waals surface area contributed by atoms with E-state index in [1.807, 2.05) is 0 Å². The summed E-state index contributed by atoms with van der Waals surface area (Å²) in [5.41, 5.74) is -0.911. The van der Waals surface area contributed by atoms with Crippen LogP contribution in [-0.4, -0.2) is 24.3 Å². The number of alkyl halides is 3. The van der Waals surface area contributed by atoms with Crippen LogP contribution in [0.25, 0.3) is 0 Å². The third-order valence-electron chi connectivity index (χ3n) is 4.18. The molecule has 0 spiro atoms. The van der Waals surface area contributed by atoms with Crippen molar-refractivity contribution in [1.82, 2.24) is 5.32 Å². The molecule has 0 aliphatic carbocycles. The third kappa shape index (κ3) is 7.44. The predicted octanol–water partition coefficient (Wildman–Crippen LogP) is 4.45. The quantitative estimate of drug-likeness (QED) is 0.627. The van der Waals surface area contributed by atoms with Crippen molar-refractivity contribution >= 4 is 29.1 Å². The van der Waals surface area contributed by atoms with Gasteiger partial charge in [0.25, 0.3) is 5.91 Å². The van der Waals surface area contributed by atoms with E-state index in [1.54, 1.807) is 26.8 Å². The lowest BCUT2D eigenvalue weighted by atomic mass is 9.96. The van der Waals surface area contributed by atoms with Gasteiger partial charge < -0.3 is 16.0 Å². The molecular weight excluding hydrogens is 411 g/mol. The standard InChI is InChI=1S/C22H24F3N3O3/c1-21(2,3)20(31)26-11-10-18(29)27-16-8-4-6-14(12-16)19(30)28-17-9-5-7-15(13-17)22(23,24)25/h4-9,12-13H,10-11H2,1-3H3,(H,26,31)(H,27,29)(H,28,30). The first-order chi connectivity index (χ1) is 14.4. The first-order valence-electron chi connectivity index (χ1n) is 9.53. The first kappa shape index (κ1) is 23.9. The highest BCUT2D eigenvalue weighted by molar-refractivity contribution is 6.05. The predicted molar refractivity (Wildman–Crippen MR) is 112 cm³/mol. The third-order valence-corrected chi connectivity index (χ3v) is 4.18. The molecule has 31 heavy (non-hydrogen) atoms. The van der Waals surface area contributed by atoms with E-state index < -0.39 is 23.1 Å². The molecule has 2 aromatic rings. The van der Waals surface area contributed by atoms with Gasteiger partial charge in [0.1, 0.15) is 0 Å². The minimum Gasteiger partial charge on any atom is -0.355 e. The summed E-state index contributed by atoms with van der Waals surface area (Å²) < 4.78 is 38.5. The molecule has 2 rings (SSSR count). The van der Waals surface area contributed by atoms with Crippen molar-refractivity contribution in [2.75, 3.05) is 17.2 Å². The molecule has 2 aromatic carbocycles. The van der Waals surface area contributed by atoms with Gasteiger partial charge in [-0.2, -0.15) is 13.2 Å². The summed E-state index contributed by atoms with van der Waals surface area (Å²) >= 11 is 0. The SMILES string of the molecule is CC(C)(C)C(=O)NCCC(=O)Nc1cccc(C(=O)Nc2cccc(C(F)(F)F)c2)c1. The van der Waals surface area contributed by atoms with Crippen LogP contribution in [0.4, 0.5) is 24.5 Å². The van der Waals surface area contributed by atoms with Crippen LogP contribution in [0, 0.1) is 5.41 Å². The largest absolute Gasteiger partial charge is 0.416 e. The van der Waals surface area contributed by atoms with E-state index in [1.165, 1.54) is 30.3 Å². The van der Waals surface area contributed by atoms with Gasteiger partial charge in [-0.1, -0.05) is 32.9 Å². The van der Waals surface area contributed by atoms with Crippen molar-refractivity contribution in [3.8, 4) is 0 Å². The van der Waals surface area contributed by atoms with Crippen molar-refractivity contribution in [3.05, 3.63) is 59.7 Å². The molecule has 166 valence electrons. The summed E-state index contributed by atoms with van der Waals surface area (Å²) in [5, 5.41) is 7.70. The van der Waals surface area contributed by atoms with Gasteiger partial charge in [-0.05, 0) is 36.4 Å². The zero-order chi connectivity index (χ0) is 23.2. The zero-order valence-electron chi connectivity index (χ0n) is 17.4. The second kappa shape index (κ2) is 9.63. The monoisotopic (exact) mass is 435 g/mol. The van der Waals surface area contributed by atoms with E-state index in [2.05, 4.69) is 16.0 Å². The molecule has 0 fully saturated rings. The second-order valence-electron chi connectivity index (χ2n) is 7.92. The smallest absolute Gasteiger partial charge is 0.355 e. The minimum atomic E-state index is -4.52. The first-order valence-corrected chi connectivity index (χ1v) is 9.53. The van der Waals surface area contributed by atoms with Crippen molar-refractivity contribution in [3.63, 3.8) is 0 Å².